The normalized spacial score (nSPS) is 11.3. The maximum atomic E-state index is 13.8. The summed E-state index contributed by atoms with van der Waals surface area (Å²) in [4.78, 5) is 210. The Morgan fingerprint density at radius 1 is 0.157 bits per heavy atom. The lowest BCUT2D eigenvalue weighted by molar-refractivity contribution is -0.125. The van der Waals surface area contributed by atoms with E-state index in [4.69, 9.17) is 45.9 Å². The van der Waals surface area contributed by atoms with Gasteiger partial charge in [-0.1, -0.05) is 0 Å². The smallest absolute Gasteiger partial charge is 0.234 e. The van der Waals surface area contributed by atoms with Crippen molar-refractivity contribution in [3.63, 3.8) is 0 Å². The van der Waals surface area contributed by atoms with E-state index in [-0.39, 0.29) is 357 Å². The van der Waals surface area contributed by atoms with Gasteiger partial charge >= 0.3 is 0 Å². The van der Waals surface area contributed by atoms with Gasteiger partial charge in [-0.15, -0.1) is 0 Å². The van der Waals surface area contributed by atoms with E-state index in [2.05, 4.69) is 79.8 Å². The van der Waals surface area contributed by atoms with Gasteiger partial charge in [0.2, 0.25) is 88.6 Å². The SMILES string of the molecule is CN(C)CCC(=O)NCCN(CCC(=O)NCCN(CCC(=O)NCCN(CCC(=O)NCCN)CCC(=O)NCCN)CC(=O)NCCN(CCC(=O)NCCN)CCC(=O)NCCN)CCC(=O)NCCN(CCC(=O)NCCN(CCC(=O)NCCN)CCC(=O)NCCN)CC(=O)NCCN(CCC(=O)NCCN)CCC(=O)NCCN. The van der Waals surface area contributed by atoms with Crippen LogP contribution in [0, 0.1) is 0 Å². The van der Waals surface area contributed by atoms with Gasteiger partial charge in [-0.05, 0) is 14.1 Å². The molecule has 121 heavy (non-hydrogen) atoms. The number of hydrogen-bond donors (Lipinski definition) is 23. The minimum absolute atomic E-state index is 0.0461. The van der Waals surface area contributed by atoms with E-state index in [1.54, 1.807) is 9.80 Å². The van der Waals surface area contributed by atoms with Crippen LogP contribution in [0.3, 0.4) is 0 Å². The minimum atomic E-state index is -0.407. The van der Waals surface area contributed by atoms with E-state index in [0.717, 1.165) is 0 Å². The molecule has 0 aliphatic heterocycles. The lowest BCUT2D eigenvalue weighted by Gasteiger charge is -2.25. The van der Waals surface area contributed by atoms with Crippen molar-refractivity contribution in [2.45, 2.75) is 83.5 Å². The third-order valence-electron chi connectivity index (χ3n) is 18.4. The van der Waals surface area contributed by atoms with Crippen LogP contribution in [0.25, 0.3) is 0 Å². The molecule has 0 aliphatic carbocycles. The molecular weight excluding hydrogens is 1580 g/mol. The second-order valence-corrected chi connectivity index (χ2v) is 28.9. The summed E-state index contributed by atoms with van der Waals surface area (Å²) in [6.07, 6.45) is 0.991. The van der Waals surface area contributed by atoms with Crippen LogP contribution < -0.4 is 126 Å². The van der Waals surface area contributed by atoms with Gasteiger partial charge in [0.15, 0.2) is 0 Å². The molecule has 0 aromatic carbocycles. The molecule has 0 aliphatic rings. The highest BCUT2D eigenvalue weighted by molar-refractivity contribution is 5.82. The minimum Gasteiger partial charge on any atom is -0.355 e. The third-order valence-corrected chi connectivity index (χ3v) is 18.4. The molecule has 15 amide bonds. The highest BCUT2D eigenvalue weighted by Gasteiger charge is 2.22. The molecule has 0 fully saturated rings. The Bertz CT molecular complexity index is 2650. The number of hydrogen-bond acceptors (Lipinski definition) is 31. The van der Waals surface area contributed by atoms with Gasteiger partial charge < -0.3 is 155 Å². The Labute approximate surface area is 714 Å². The van der Waals surface area contributed by atoms with Crippen LogP contribution in [0.15, 0.2) is 0 Å². The van der Waals surface area contributed by atoms with Crippen molar-refractivity contribution in [2.75, 3.05) is 309 Å². The first-order valence-electron chi connectivity index (χ1n) is 42.5. The van der Waals surface area contributed by atoms with Crippen molar-refractivity contribution in [3.8, 4) is 0 Å². The molecule has 0 spiro atoms. The Hall–Kier alpha value is -8.59. The summed E-state index contributed by atoms with van der Waals surface area (Å²) in [6.45, 7) is 9.95. The number of nitrogens with one attached hydrogen (secondary N) is 15. The van der Waals surface area contributed by atoms with E-state index in [9.17, 15) is 71.9 Å². The van der Waals surface area contributed by atoms with Crippen LogP contribution >= 0.6 is 0 Å². The molecule has 0 radical (unpaired) electrons. The third kappa shape index (κ3) is 69.6. The van der Waals surface area contributed by atoms with Crippen molar-refractivity contribution >= 4 is 88.6 Å². The molecule has 0 unspecified atom stereocenters. The Kier molecular flexibility index (Phi) is 70.9. The molecule has 0 aromatic rings. The monoisotopic (exact) mass is 1730 g/mol. The number of carbonyl (C=O) groups excluding carboxylic acids is 15. The van der Waals surface area contributed by atoms with Gasteiger partial charge in [-0.3, -0.25) is 81.7 Å². The largest absolute Gasteiger partial charge is 0.355 e. The standard InChI is InChI=1S/C75H153N31O15/c1-99(2)39-3-61(107)92-32-52-102(48-12-70(116)95-37-57-105(59-74(120)97-35-55-103(44-8-66(112)88-28-20-80)45-9-67(113)89-29-21-81)50-14-72(118)93-33-53-100(40-4-62(108)84-24-16-76)41-5-63(109)85-25-17-77)49-13-71(117)96-38-58-106(60-75(121)98-36-56-104(46-10-68(114)90-30-22-82)47-11-69(115)91-31-23-83)51-15-73(119)94-34-54-101(42-6-64(110)86-26-18-78)43-7-65(111)87-27-19-79/h3-60,76-83H2,1-2H3,(H,84,108)(H,85,109)(H,86,110)(H,87,111)(H,88,112)(H,89,113)(H,90,114)(H,91,115)(H,92,107)(H,93,118)(H,94,119)(H,95,116)(H,96,117)(H,97,120)(H,98,121). The number of rotatable bonds is 80. The van der Waals surface area contributed by atoms with Crippen LogP contribution in [0.1, 0.15) is 83.5 Å². The summed E-state index contributed by atoms with van der Waals surface area (Å²) in [7, 11) is 3.69. The van der Waals surface area contributed by atoms with E-state index < -0.39 is 11.8 Å². The summed E-state index contributed by atoms with van der Waals surface area (Å²) >= 11 is 0. The van der Waals surface area contributed by atoms with Crippen molar-refractivity contribution in [2.24, 2.45) is 45.9 Å². The molecule has 0 saturated carbocycles. The number of nitrogens with two attached hydrogens (primary N) is 8. The average molecular weight is 1730 g/mol. The molecule has 31 N–H and O–H groups in total. The average Bonchev–Trinajstić information content (AvgIpc) is 0.922. The summed E-state index contributed by atoms with van der Waals surface area (Å²) in [5.41, 5.74) is 44.5. The molecule has 0 bridgehead atoms. The molecule has 0 aromatic heterocycles. The fourth-order valence-electron chi connectivity index (χ4n) is 11.5. The van der Waals surface area contributed by atoms with E-state index in [1.165, 1.54) is 0 Å². The maximum Gasteiger partial charge on any atom is 0.234 e. The van der Waals surface area contributed by atoms with Gasteiger partial charge in [0.1, 0.15) is 0 Å². The lowest BCUT2D eigenvalue weighted by Crippen LogP contribution is -2.45. The molecule has 0 atom stereocenters. The van der Waals surface area contributed by atoms with E-state index >= 15 is 0 Å². The fraction of sp³-hybridized carbons (Fsp3) is 0.800. The van der Waals surface area contributed by atoms with Gasteiger partial charge in [-0.25, -0.2) is 0 Å². The molecule has 46 heteroatoms. The zero-order valence-electron chi connectivity index (χ0n) is 72.3. The van der Waals surface area contributed by atoms with Crippen LogP contribution in [0.5, 0.6) is 0 Å². The summed E-state index contributed by atoms with van der Waals surface area (Å²) in [5, 5.41) is 42.1. The first-order chi connectivity index (χ1) is 58.2. The number of nitrogens with zero attached hydrogens (tertiary/aromatic N) is 8. The second kappa shape index (κ2) is 76.3. The predicted molar refractivity (Wildman–Crippen MR) is 461 cm³/mol. The molecule has 0 saturated heterocycles. The number of carbonyl (C=O) groups is 15. The van der Waals surface area contributed by atoms with Crippen molar-refractivity contribution < 1.29 is 71.9 Å². The van der Waals surface area contributed by atoms with Crippen molar-refractivity contribution in [3.05, 3.63) is 0 Å². The summed E-state index contributed by atoms with van der Waals surface area (Å²) < 4.78 is 0. The lowest BCUT2D eigenvalue weighted by atomic mass is 10.3. The van der Waals surface area contributed by atoms with Crippen LogP contribution in [-0.4, -0.2) is 436 Å². The maximum absolute atomic E-state index is 13.8. The van der Waals surface area contributed by atoms with Crippen LogP contribution in [0.2, 0.25) is 0 Å². The van der Waals surface area contributed by atoms with Crippen molar-refractivity contribution in [1.82, 2.24) is 119 Å². The molecule has 698 valence electrons. The first kappa shape index (κ1) is 112. The second-order valence-electron chi connectivity index (χ2n) is 28.9. The van der Waals surface area contributed by atoms with E-state index in [0.29, 0.717) is 98.2 Å². The van der Waals surface area contributed by atoms with Crippen molar-refractivity contribution in [1.29, 1.82) is 0 Å². The van der Waals surface area contributed by atoms with Gasteiger partial charge in [0, 0.05) is 365 Å². The summed E-state index contributed by atoms with van der Waals surface area (Å²) in [6, 6.07) is 0. The Morgan fingerprint density at radius 3 is 0.413 bits per heavy atom. The van der Waals surface area contributed by atoms with E-state index in [1.807, 2.05) is 43.5 Å². The molecule has 0 rings (SSSR count). The number of amides is 15. The Morgan fingerprint density at radius 2 is 0.273 bits per heavy atom. The molecule has 0 heterocycles. The zero-order valence-corrected chi connectivity index (χ0v) is 72.3. The van der Waals surface area contributed by atoms with Gasteiger partial charge in [0.25, 0.3) is 0 Å². The molecule has 46 nitrogen and oxygen atoms in total. The highest BCUT2D eigenvalue weighted by atomic mass is 16.2. The highest BCUT2D eigenvalue weighted by Crippen LogP contribution is 2.04. The molecular formula is C75H153N31O15. The van der Waals surface area contributed by atoms with Gasteiger partial charge in [-0.2, -0.15) is 0 Å². The van der Waals surface area contributed by atoms with Crippen LogP contribution in [0.4, 0.5) is 0 Å². The predicted octanol–water partition coefficient (Wildman–Crippen LogP) is -13.9. The topological polar surface area (TPSA) is 671 Å². The van der Waals surface area contributed by atoms with Gasteiger partial charge in [0.05, 0.1) is 13.1 Å². The zero-order chi connectivity index (χ0) is 89.9. The Balaban J connectivity index is 6.69. The quantitative estimate of drug-likeness (QED) is 0.0269. The fourth-order valence-corrected chi connectivity index (χ4v) is 11.5. The first-order valence-corrected chi connectivity index (χ1v) is 42.5. The summed E-state index contributed by atoms with van der Waals surface area (Å²) in [5.74, 6) is -4.25. The van der Waals surface area contributed by atoms with Crippen LogP contribution in [-0.2, 0) is 71.9 Å².